The zero-order valence-corrected chi connectivity index (χ0v) is 18.9. The number of alkyl halides is 3. The molecule has 10 heteroatoms. The molecule has 0 atom stereocenters. The number of likely N-dealkylation sites (N-methyl/N-ethyl adjacent to an activating group) is 1. The number of aromatic amines is 2. The van der Waals surface area contributed by atoms with E-state index in [2.05, 4.69) is 48.9 Å². The normalized spacial score (nSPS) is 15.4. The van der Waals surface area contributed by atoms with Gasteiger partial charge in [-0.3, -0.25) is 4.98 Å². The van der Waals surface area contributed by atoms with E-state index in [1.54, 1.807) is 0 Å². The second kappa shape index (κ2) is 8.09. The van der Waals surface area contributed by atoms with Crippen molar-refractivity contribution >= 4 is 27.8 Å². The van der Waals surface area contributed by atoms with Crippen LogP contribution in [0, 0.1) is 0 Å². The summed E-state index contributed by atoms with van der Waals surface area (Å²) in [4.78, 5) is 24.4. The fraction of sp³-hybridized carbons (Fsp3) is 0.240. The first-order valence-corrected chi connectivity index (χ1v) is 11.3. The van der Waals surface area contributed by atoms with Crippen molar-refractivity contribution in [2.24, 2.45) is 0 Å². The van der Waals surface area contributed by atoms with Gasteiger partial charge >= 0.3 is 6.18 Å². The molecule has 1 fully saturated rings. The minimum atomic E-state index is -4.44. The lowest BCUT2D eigenvalue weighted by molar-refractivity contribution is -0.137. The Balaban J connectivity index is 1.31. The number of rotatable bonds is 3. The number of piperazine rings is 1. The van der Waals surface area contributed by atoms with Crippen molar-refractivity contribution in [3.05, 3.63) is 60.3 Å². The van der Waals surface area contributed by atoms with Gasteiger partial charge in [0.15, 0.2) is 5.82 Å². The van der Waals surface area contributed by atoms with Crippen LogP contribution in [0.5, 0.6) is 0 Å². The Hall–Kier alpha value is -3.92. The van der Waals surface area contributed by atoms with Crippen LogP contribution in [0.2, 0.25) is 0 Å². The van der Waals surface area contributed by atoms with Crippen molar-refractivity contribution in [2.75, 3.05) is 38.1 Å². The lowest BCUT2D eigenvalue weighted by atomic mass is 10.2. The average molecular weight is 477 g/mol. The number of pyridine rings is 1. The van der Waals surface area contributed by atoms with Gasteiger partial charge in [-0.15, -0.1) is 0 Å². The van der Waals surface area contributed by atoms with E-state index in [1.807, 2.05) is 24.3 Å². The Labute approximate surface area is 198 Å². The van der Waals surface area contributed by atoms with Crippen LogP contribution >= 0.6 is 0 Å². The summed E-state index contributed by atoms with van der Waals surface area (Å²) >= 11 is 0. The van der Waals surface area contributed by atoms with Gasteiger partial charge in [0.25, 0.3) is 0 Å². The molecule has 4 heterocycles. The molecule has 1 aliphatic rings. The van der Waals surface area contributed by atoms with E-state index in [-0.39, 0.29) is 11.5 Å². The zero-order valence-electron chi connectivity index (χ0n) is 18.9. The van der Waals surface area contributed by atoms with E-state index in [0.717, 1.165) is 61.1 Å². The summed E-state index contributed by atoms with van der Waals surface area (Å²) in [7, 11) is 2.14. The lowest BCUT2D eigenvalue weighted by Crippen LogP contribution is -2.44. The summed E-state index contributed by atoms with van der Waals surface area (Å²) in [5.74, 6) is 0.996. The molecule has 0 unspecified atom stereocenters. The monoisotopic (exact) mass is 477 g/mol. The molecule has 6 rings (SSSR count). The Bertz CT molecular complexity index is 1530. The fourth-order valence-corrected chi connectivity index (χ4v) is 4.41. The van der Waals surface area contributed by atoms with Gasteiger partial charge < -0.3 is 19.8 Å². The van der Waals surface area contributed by atoms with Gasteiger partial charge in [0.05, 0.1) is 27.6 Å². The second-order valence-electron chi connectivity index (χ2n) is 8.82. The molecule has 0 radical (unpaired) electrons. The van der Waals surface area contributed by atoms with Crippen LogP contribution < -0.4 is 4.90 Å². The highest BCUT2D eigenvalue weighted by Crippen LogP contribution is 2.32. The molecule has 2 N–H and O–H groups in total. The first-order chi connectivity index (χ1) is 16.8. The molecule has 3 aromatic heterocycles. The third kappa shape index (κ3) is 4.10. The highest BCUT2D eigenvalue weighted by Gasteiger charge is 2.31. The minimum absolute atomic E-state index is 0.137. The minimum Gasteiger partial charge on any atom is -0.369 e. The maximum absolute atomic E-state index is 13.1. The van der Waals surface area contributed by atoms with Crippen molar-refractivity contribution < 1.29 is 13.2 Å². The number of nitrogens with one attached hydrogen (secondary N) is 2. The first kappa shape index (κ1) is 21.6. The summed E-state index contributed by atoms with van der Waals surface area (Å²) in [6, 6.07) is 13.8. The third-order valence-electron chi connectivity index (χ3n) is 6.42. The summed E-state index contributed by atoms with van der Waals surface area (Å²) in [6.07, 6.45) is -3.30. The quantitative estimate of drug-likeness (QED) is 0.385. The number of halogens is 3. The predicted octanol–water partition coefficient (Wildman–Crippen LogP) is 4.94. The van der Waals surface area contributed by atoms with Crippen molar-refractivity contribution in [1.82, 2.24) is 29.8 Å². The van der Waals surface area contributed by atoms with Gasteiger partial charge in [0.1, 0.15) is 11.5 Å². The number of imidazole rings is 2. The van der Waals surface area contributed by atoms with Crippen LogP contribution in [0.25, 0.3) is 45.0 Å². The van der Waals surface area contributed by atoms with Gasteiger partial charge in [0.2, 0.25) is 0 Å². The number of fused-ring (bicyclic) bond motifs is 2. The largest absolute Gasteiger partial charge is 0.416 e. The van der Waals surface area contributed by atoms with Crippen LogP contribution in [-0.2, 0) is 6.18 Å². The number of H-pyrrole nitrogens is 2. The number of nitrogens with zero attached hydrogens (tertiary/aromatic N) is 5. The van der Waals surface area contributed by atoms with Crippen LogP contribution in [0.4, 0.5) is 18.9 Å². The SMILES string of the molecule is CN1CCN(c2ccc3nc(-c4ccc5nc(-c6cc(C(F)(F)F)ccn6)[nH]c5c4)[nH]c3c2)CC1. The van der Waals surface area contributed by atoms with Crippen LogP contribution in [0.15, 0.2) is 54.7 Å². The zero-order chi connectivity index (χ0) is 24.2. The van der Waals surface area contributed by atoms with Crippen molar-refractivity contribution in [3.8, 4) is 22.9 Å². The Kier molecular flexibility index (Phi) is 4.99. The first-order valence-electron chi connectivity index (χ1n) is 11.3. The number of benzene rings is 2. The van der Waals surface area contributed by atoms with Crippen LogP contribution in [-0.4, -0.2) is 63.0 Å². The van der Waals surface area contributed by atoms with E-state index in [0.29, 0.717) is 16.9 Å². The summed E-state index contributed by atoms with van der Waals surface area (Å²) in [5.41, 5.74) is 4.54. The maximum atomic E-state index is 13.1. The van der Waals surface area contributed by atoms with Crippen LogP contribution in [0.1, 0.15) is 5.56 Å². The summed E-state index contributed by atoms with van der Waals surface area (Å²) < 4.78 is 39.3. The molecule has 0 bridgehead atoms. The van der Waals surface area contributed by atoms with Crippen molar-refractivity contribution in [2.45, 2.75) is 6.18 Å². The Morgan fingerprint density at radius 2 is 1.49 bits per heavy atom. The van der Waals surface area contributed by atoms with Gasteiger partial charge in [0, 0.05) is 43.6 Å². The molecule has 35 heavy (non-hydrogen) atoms. The second-order valence-corrected chi connectivity index (χ2v) is 8.82. The number of hydrogen-bond acceptors (Lipinski definition) is 5. The molecule has 1 aliphatic heterocycles. The smallest absolute Gasteiger partial charge is 0.369 e. The van der Waals surface area contributed by atoms with Crippen molar-refractivity contribution in [3.63, 3.8) is 0 Å². The maximum Gasteiger partial charge on any atom is 0.416 e. The Morgan fingerprint density at radius 3 is 2.26 bits per heavy atom. The van der Waals surface area contributed by atoms with Gasteiger partial charge in [-0.1, -0.05) is 0 Å². The molecule has 0 aliphatic carbocycles. The van der Waals surface area contributed by atoms with E-state index >= 15 is 0 Å². The molecule has 2 aromatic carbocycles. The average Bonchev–Trinajstić information content (AvgIpc) is 3.47. The summed E-state index contributed by atoms with van der Waals surface area (Å²) in [5, 5.41) is 0. The van der Waals surface area contributed by atoms with Crippen molar-refractivity contribution in [1.29, 1.82) is 0 Å². The molecule has 7 nitrogen and oxygen atoms in total. The van der Waals surface area contributed by atoms with E-state index in [9.17, 15) is 13.2 Å². The van der Waals surface area contributed by atoms with E-state index in [4.69, 9.17) is 4.98 Å². The number of anilines is 1. The van der Waals surface area contributed by atoms with Crippen LogP contribution in [0.3, 0.4) is 0 Å². The topological polar surface area (TPSA) is 76.7 Å². The molecule has 0 spiro atoms. The van der Waals surface area contributed by atoms with E-state index < -0.39 is 11.7 Å². The molecule has 1 saturated heterocycles. The highest BCUT2D eigenvalue weighted by atomic mass is 19.4. The third-order valence-corrected chi connectivity index (χ3v) is 6.42. The van der Waals surface area contributed by atoms with Gasteiger partial charge in [-0.2, -0.15) is 13.2 Å². The molecular formula is C25H22F3N7. The van der Waals surface area contributed by atoms with Gasteiger partial charge in [-0.25, -0.2) is 9.97 Å². The predicted molar refractivity (Wildman–Crippen MR) is 129 cm³/mol. The molecule has 5 aromatic rings. The molecular weight excluding hydrogens is 455 g/mol. The van der Waals surface area contributed by atoms with Gasteiger partial charge in [-0.05, 0) is 55.6 Å². The number of aromatic nitrogens is 5. The standard InChI is InChI=1S/C25H22F3N7/c1-34-8-10-35(11-9-34)17-3-5-19-21(14-17)32-23(30-19)15-2-4-18-20(12-15)33-24(31-18)22-13-16(6-7-29-22)25(26,27)28/h2-7,12-14H,8-11H2,1H3,(H,30,32)(H,31,33). The molecule has 0 saturated carbocycles. The Morgan fingerprint density at radius 1 is 0.800 bits per heavy atom. The number of hydrogen-bond donors (Lipinski definition) is 2. The fourth-order valence-electron chi connectivity index (χ4n) is 4.41. The summed E-state index contributed by atoms with van der Waals surface area (Å²) in [6.45, 7) is 4.05. The lowest BCUT2D eigenvalue weighted by Gasteiger charge is -2.34. The highest BCUT2D eigenvalue weighted by molar-refractivity contribution is 5.86. The molecule has 178 valence electrons. The molecule has 0 amide bonds. The van der Waals surface area contributed by atoms with E-state index in [1.165, 1.54) is 5.69 Å².